The summed E-state index contributed by atoms with van der Waals surface area (Å²) in [6.07, 6.45) is 0. The van der Waals surface area contributed by atoms with E-state index in [9.17, 15) is 4.39 Å². The fourth-order valence-electron chi connectivity index (χ4n) is 2.12. The molecule has 1 unspecified atom stereocenters. The Morgan fingerprint density at radius 3 is 2.22 bits per heavy atom. The predicted octanol–water partition coefficient (Wildman–Crippen LogP) is 4.10. The SMILES string of the molecule is Cc1cc(C)cc(C(N)c2ccc(F)cc2I)c1. The Morgan fingerprint density at radius 1 is 1.06 bits per heavy atom. The van der Waals surface area contributed by atoms with Crippen LogP contribution in [0.15, 0.2) is 36.4 Å². The van der Waals surface area contributed by atoms with Gasteiger partial charge in [0.05, 0.1) is 6.04 Å². The van der Waals surface area contributed by atoms with Crippen molar-refractivity contribution in [3.05, 3.63) is 68.0 Å². The molecule has 3 heteroatoms. The van der Waals surface area contributed by atoms with Crippen molar-refractivity contribution >= 4 is 22.6 Å². The zero-order valence-corrected chi connectivity index (χ0v) is 12.5. The molecule has 0 fully saturated rings. The Hall–Kier alpha value is -0.940. The predicted molar refractivity (Wildman–Crippen MR) is 81.1 cm³/mol. The van der Waals surface area contributed by atoms with E-state index in [1.54, 1.807) is 6.07 Å². The molecule has 2 rings (SSSR count). The molecule has 1 atom stereocenters. The van der Waals surface area contributed by atoms with Crippen LogP contribution in [0.4, 0.5) is 4.39 Å². The van der Waals surface area contributed by atoms with Crippen molar-refractivity contribution in [2.24, 2.45) is 5.73 Å². The standard InChI is InChI=1S/C15H15FIN/c1-9-5-10(2)7-11(6-9)15(18)13-4-3-12(16)8-14(13)17/h3-8,15H,18H2,1-2H3. The van der Waals surface area contributed by atoms with Gasteiger partial charge in [0.2, 0.25) is 0 Å². The van der Waals surface area contributed by atoms with Gasteiger partial charge in [0, 0.05) is 3.57 Å². The Balaban J connectivity index is 2.44. The Morgan fingerprint density at radius 2 is 1.67 bits per heavy atom. The van der Waals surface area contributed by atoms with Crippen LogP contribution in [-0.2, 0) is 0 Å². The van der Waals surface area contributed by atoms with Gasteiger partial charge in [-0.1, -0.05) is 35.4 Å². The number of hydrogen-bond donors (Lipinski definition) is 1. The summed E-state index contributed by atoms with van der Waals surface area (Å²) in [7, 11) is 0. The van der Waals surface area contributed by atoms with Crippen LogP contribution in [0, 0.1) is 23.2 Å². The van der Waals surface area contributed by atoms with Crippen LogP contribution in [0.1, 0.15) is 28.3 Å². The van der Waals surface area contributed by atoms with Gasteiger partial charge in [-0.05, 0) is 59.7 Å². The molecule has 18 heavy (non-hydrogen) atoms. The van der Waals surface area contributed by atoms with E-state index in [1.165, 1.54) is 23.3 Å². The van der Waals surface area contributed by atoms with Crippen LogP contribution in [0.3, 0.4) is 0 Å². The molecule has 1 nitrogen and oxygen atoms in total. The molecule has 0 aliphatic rings. The summed E-state index contributed by atoms with van der Waals surface area (Å²) in [5.41, 5.74) is 10.7. The zero-order chi connectivity index (χ0) is 13.3. The van der Waals surface area contributed by atoms with Crippen LogP contribution >= 0.6 is 22.6 Å². The summed E-state index contributed by atoms with van der Waals surface area (Å²) < 4.78 is 14.0. The highest BCUT2D eigenvalue weighted by atomic mass is 127. The van der Waals surface area contributed by atoms with Crippen molar-refractivity contribution < 1.29 is 4.39 Å². The number of aryl methyl sites for hydroxylation is 2. The first-order chi connectivity index (χ1) is 8.47. The Kier molecular flexibility index (Phi) is 4.02. The van der Waals surface area contributed by atoms with E-state index in [0.717, 1.165) is 14.7 Å². The topological polar surface area (TPSA) is 26.0 Å². The minimum absolute atomic E-state index is 0.212. The van der Waals surface area contributed by atoms with E-state index in [-0.39, 0.29) is 11.9 Å². The lowest BCUT2D eigenvalue weighted by atomic mass is 9.96. The zero-order valence-electron chi connectivity index (χ0n) is 10.4. The van der Waals surface area contributed by atoms with E-state index in [1.807, 2.05) is 0 Å². The van der Waals surface area contributed by atoms with Gasteiger partial charge in [-0.25, -0.2) is 4.39 Å². The van der Waals surface area contributed by atoms with Crippen LogP contribution in [0.5, 0.6) is 0 Å². The highest BCUT2D eigenvalue weighted by molar-refractivity contribution is 14.1. The first kappa shape index (κ1) is 13.5. The van der Waals surface area contributed by atoms with Crippen LogP contribution in [0.25, 0.3) is 0 Å². The van der Waals surface area contributed by atoms with E-state index in [4.69, 9.17) is 5.73 Å². The van der Waals surface area contributed by atoms with Gasteiger partial charge >= 0.3 is 0 Å². The number of hydrogen-bond acceptors (Lipinski definition) is 1. The van der Waals surface area contributed by atoms with Crippen molar-refractivity contribution in [1.82, 2.24) is 0 Å². The van der Waals surface area contributed by atoms with Gasteiger partial charge in [0.1, 0.15) is 5.82 Å². The molecule has 0 aliphatic heterocycles. The second-order valence-electron chi connectivity index (χ2n) is 4.56. The highest BCUT2D eigenvalue weighted by Gasteiger charge is 2.13. The van der Waals surface area contributed by atoms with E-state index in [2.05, 4.69) is 54.6 Å². The number of benzene rings is 2. The van der Waals surface area contributed by atoms with E-state index < -0.39 is 0 Å². The van der Waals surface area contributed by atoms with E-state index in [0.29, 0.717) is 0 Å². The molecular weight excluding hydrogens is 340 g/mol. The van der Waals surface area contributed by atoms with Crippen LogP contribution < -0.4 is 5.73 Å². The maximum Gasteiger partial charge on any atom is 0.124 e. The van der Waals surface area contributed by atoms with Crippen molar-refractivity contribution in [1.29, 1.82) is 0 Å². The average Bonchev–Trinajstić information content (AvgIpc) is 2.26. The number of rotatable bonds is 2. The summed E-state index contributed by atoms with van der Waals surface area (Å²) in [4.78, 5) is 0. The fraction of sp³-hybridized carbons (Fsp3) is 0.200. The summed E-state index contributed by atoms with van der Waals surface area (Å²) in [5, 5.41) is 0. The third-order valence-corrected chi connectivity index (χ3v) is 3.83. The molecule has 0 saturated heterocycles. The monoisotopic (exact) mass is 355 g/mol. The van der Waals surface area contributed by atoms with Gasteiger partial charge in [0.15, 0.2) is 0 Å². The lowest BCUT2D eigenvalue weighted by Gasteiger charge is -2.16. The number of halogens is 2. The number of nitrogens with two attached hydrogens (primary N) is 1. The van der Waals surface area contributed by atoms with Gasteiger partial charge in [-0.3, -0.25) is 0 Å². The molecule has 94 valence electrons. The third-order valence-electron chi connectivity index (χ3n) is 2.90. The smallest absolute Gasteiger partial charge is 0.124 e. The highest BCUT2D eigenvalue weighted by Crippen LogP contribution is 2.26. The molecule has 0 amide bonds. The molecule has 0 aliphatic carbocycles. The summed E-state index contributed by atoms with van der Waals surface area (Å²) in [6, 6.07) is 10.8. The average molecular weight is 355 g/mol. The van der Waals surface area contributed by atoms with Crippen molar-refractivity contribution in [3.63, 3.8) is 0 Å². The lowest BCUT2D eigenvalue weighted by molar-refractivity contribution is 0.625. The second-order valence-corrected chi connectivity index (χ2v) is 5.73. The quantitative estimate of drug-likeness (QED) is 0.807. The third kappa shape index (κ3) is 2.90. The van der Waals surface area contributed by atoms with Crippen molar-refractivity contribution in [3.8, 4) is 0 Å². The molecule has 0 bridgehead atoms. The van der Waals surface area contributed by atoms with Crippen molar-refractivity contribution in [2.75, 3.05) is 0 Å². The Labute approximate surface area is 120 Å². The first-order valence-electron chi connectivity index (χ1n) is 5.76. The minimum atomic E-state index is -0.226. The van der Waals surface area contributed by atoms with Crippen molar-refractivity contribution in [2.45, 2.75) is 19.9 Å². The molecule has 2 aromatic rings. The largest absolute Gasteiger partial charge is 0.320 e. The first-order valence-corrected chi connectivity index (χ1v) is 6.84. The molecule has 2 N–H and O–H groups in total. The fourth-order valence-corrected chi connectivity index (χ4v) is 2.94. The van der Waals surface area contributed by atoms with Crippen LogP contribution in [-0.4, -0.2) is 0 Å². The Bertz CT molecular complexity index is 560. The molecule has 0 radical (unpaired) electrons. The van der Waals surface area contributed by atoms with Gasteiger partial charge in [0.25, 0.3) is 0 Å². The maximum absolute atomic E-state index is 13.1. The molecule has 0 heterocycles. The van der Waals surface area contributed by atoms with Gasteiger partial charge in [-0.2, -0.15) is 0 Å². The molecule has 0 aromatic heterocycles. The normalized spacial score (nSPS) is 12.5. The van der Waals surface area contributed by atoms with Gasteiger partial charge < -0.3 is 5.73 Å². The molecular formula is C15H15FIN. The lowest BCUT2D eigenvalue weighted by Crippen LogP contribution is -2.14. The molecule has 0 spiro atoms. The maximum atomic E-state index is 13.1. The summed E-state index contributed by atoms with van der Waals surface area (Å²) in [6.45, 7) is 4.11. The summed E-state index contributed by atoms with van der Waals surface area (Å²) >= 11 is 2.13. The molecule has 2 aromatic carbocycles. The van der Waals surface area contributed by atoms with E-state index >= 15 is 0 Å². The summed E-state index contributed by atoms with van der Waals surface area (Å²) in [5.74, 6) is -0.226. The second kappa shape index (κ2) is 5.36. The minimum Gasteiger partial charge on any atom is -0.320 e. The van der Waals surface area contributed by atoms with Gasteiger partial charge in [-0.15, -0.1) is 0 Å². The van der Waals surface area contributed by atoms with Crippen LogP contribution in [0.2, 0.25) is 0 Å². The molecule has 0 saturated carbocycles.